The zero-order valence-electron chi connectivity index (χ0n) is 10.6. The van der Waals surface area contributed by atoms with Gasteiger partial charge in [-0.15, -0.1) is 0 Å². The van der Waals surface area contributed by atoms with Crippen molar-refractivity contribution in [1.29, 1.82) is 0 Å². The zero-order valence-corrected chi connectivity index (χ0v) is 11.4. The van der Waals surface area contributed by atoms with Crippen LogP contribution in [-0.2, 0) is 11.2 Å². The van der Waals surface area contributed by atoms with Gasteiger partial charge in [0.05, 0.1) is 5.69 Å². The van der Waals surface area contributed by atoms with Gasteiger partial charge in [-0.25, -0.2) is 0 Å². The third-order valence-corrected chi connectivity index (χ3v) is 3.31. The first-order valence-corrected chi connectivity index (χ1v) is 7.04. The van der Waals surface area contributed by atoms with Crippen molar-refractivity contribution in [2.45, 2.75) is 25.8 Å². The molecule has 17 heavy (non-hydrogen) atoms. The second-order valence-electron chi connectivity index (χ2n) is 4.00. The van der Waals surface area contributed by atoms with Crippen molar-refractivity contribution in [3.05, 3.63) is 24.3 Å². The van der Waals surface area contributed by atoms with Crippen LogP contribution in [0.5, 0.6) is 0 Å². The molecule has 0 saturated carbocycles. The highest BCUT2D eigenvalue weighted by Gasteiger charge is 2.15. The summed E-state index contributed by atoms with van der Waals surface area (Å²) in [6.45, 7) is 2.03. The van der Waals surface area contributed by atoms with Gasteiger partial charge in [0, 0.05) is 50.3 Å². The van der Waals surface area contributed by atoms with Crippen molar-refractivity contribution in [2.75, 3.05) is 19.1 Å². The van der Waals surface area contributed by atoms with Gasteiger partial charge in [-0.05, 0) is 13.2 Å². The lowest BCUT2D eigenvalue weighted by Crippen LogP contribution is -2.36. The number of likely N-dealkylation sites (N-methyl/N-ethyl adjacent to an activating group) is 1. The molecule has 0 spiro atoms. The molecule has 1 aromatic rings. The average molecular weight is 253 g/mol. The molecule has 5 heteroatoms. The summed E-state index contributed by atoms with van der Waals surface area (Å²) in [6.07, 6.45) is 8.43. The maximum atomic E-state index is 11.8. The van der Waals surface area contributed by atoms with Gasteiger partial charge in [-0.1, -0.05) is 0 Å². The van der Waals surface area contributed by atoms with E-state index < -0.39 is 0 Å². The Bertz CT molecular complexity index is 345. The highest BCUT2D eigenvalue weighted by atomic mass is 32.2. The lowest BCUT2D eigenvalue weighted by Gasteiger charge is -2.24. The molecule has 1 aromatic heterocycles. The van der Waals surface area contributed by atoms with E-state index in [1.54, 1.807) is 35.3 Å². The number of thioether (sulfide) groups is 1. The van der Waals surface area contributed by atoms with E-state index in [9.17, 15) is 4.79 Å². The Balaban J connectivity index is 2.46. The molecular weight excluding hydrogens is 234 g/mol. The average Bonchev–Trinajstić information content (AvgIpc) is 2.36. The Hall–Kier alpha value is -1.10. The predicted octanol–water partition coefficient (Wildman–Crippen LogP) is 1.62. The van der Waals surface area contributed by atoms with Gasteiger partial charge in [-0.2, -0.15) is 11.8 Å². The largest absolute Gasteiger partial charge is 0.343 e. The summed E-state index contributed by atoms with van der Waals surface area (Å²) in [5.74, 6) is 1.07. The van der Waals surface area contributed by atoms with Gasteiger partial charge in [0.25, 0.3) is 0 Å². The minimum atomic E-state index is 0.154. The van der Waals surface area contributed by atoms with Crippen LogP contribution in [0, 0.1) is 0 Å². The van der Waals surface area contributed by atoms with Gasteiger partial charge in [0.2, 0.25) is 5.91 Å². The number of hydrogen-bond acceptors (Lipinski definition) is 4. The predicted molar refractivity (Wildman–Crippen MR) is 71.0 cm³/mol. The van der Waals surface area contributed by atoms with Gasteiger partial charge in [0.15, 0.2) is 0 Å². The summed E-state index contributed by atoms with van der Waals surface area (Å²) < 4.78 is 0. The van der Waals surface area contributed by atoms with Crippen molar-refractivity contribution in [3.63, 3.8) is 0 Å². The molecule has 0 aliphatic carbocycles. The molecule has 0 unspecified atom stereocenters. The van der Waals surface area contributed by atoms with Crippen LogP contribution in [0.4, 0.5) is 0 Å². The van der Waals surface area contributed by atoms with E-state index in [1.165, 1.54) is 0 Å². The fraction of sp³-hybridized carbons (Fsp3) is 0.583. The minimum absolute atomic E-state index is 0.154. The topological polar surface area (TPSA) is 46.1 Å². The normalized spacial score (nSPS) is 12.2. The summed E-state index contributed by atoms with van der Waals surface area (Å²) in [4.78, 5) is 21.8. The molecule has 0 aliphatic heterocycles. The van der Waals surface area contributed by atoms with Crippen LogP contribution in [0.2, 0.25) is 0 Å². The van der Waals surface area contributed by atoms with Crippen LogP contribution in [0.15, 0.2) is 18.6 Å². The Morgan fingerprint density at radius 1 is 1.53 bits per heavy atom. The molecule has 0 aliphatic rings. The number of nitrogens with zero attached hydrogens (tertiary/aromatic N) is 3. The van der Waals surface area contributed by atoms with Crippen LogP contribution in [0.25, 0.3) is 0 Å². The van der Waals surface area contributed by atoms with Crippen LogP contribution in [-0.4, -0.2) is 45.9 Å². The van der Waals surface area contributed by atoms with Crippen molar-refractivity contribution >= 4 is 17.7 Å². The van der Waals surface area contributed by atoms with E-state index in [-0.39, 0.29) is 11.9 Å². The molecule has 1 rings (SSSR count). The van der Waals surface area contributed by atoms with Gasteiger partial charge in [-0.3, -0.25) is 14.8 Å². The summed E-state index contributed by atoms with van der Waals surface area (Å²) in [5, 5.41) is 0. The minimum Gasteiger partial charge on any atom is -0.343 e. The van der Waals surface area contributed by atoms with Gasteiger partial charge in [0.1, 0.15) is 0 Å². The highest BCUT2D eigenvalue weighted by Crippen LogP contribution is 2.07. The molecule has 0 fully saturated rings. The Kier molecular flexibility index (Phi) is 5.97. The SMILES string of the molecule is CSCCC(=O)N(C)[C@@H](C)Cc1cnccn1. The molecule has 0 radical (unpaired) electrons. The molecule has 1 atom stereocenters. The summed E-state index contributed by atoms with van der Waals surface area (Å²) >= 11 is 1.69. The van der Waals surface area contributed by atoms with E-state index in [1.807, 2.05) is 20.2 Å². The van der Waals surface area contributed by atoms with E-state index in [0.717, 1.165) is 17.9 Å². The second kappa shape index (κ2) is 7.27. The smallest absolute Gasteiger partial charge is 0.223 e. The number of rotatable bonds is 6. The van der Waals surface area contributed by atoms with Crippen molar-refractivity contribution in [2.24, 2.45) is 0 Å². The Morgan fingerprint density at radius 3 is 2.88 bits per heavy atom. The van der Waals surface area contributed by atoms with Crippen LogP contribution in [0.1, 0.15) is 19.0 Å². The Labute approximate surface area is 107 Å². The fourth-order valence-electron chi connectivity index (χ4n) is 1.49. The lowest BCUT2D eigenvalue weighted by atomic mass is 10.1. The van der Waals surface area contributed by atoms with Gasteiger partial charge < -0.3 is 4.90 Å². The monoisotopic (exact) mass is 253 g/mol. The van der Waals surface area contributed by atoms with Crippen LogP contribution < -0.4 is 0 Å². The highest BCUT2D eigenvalue weighted by molar-refractivity contribution is 7.98. The Morgan fingerprint density at radius 2 is 2.29 bits per heavy atom. The molecular formula is C12H19N3OS. The molecule has 1 amide bonds. The number of carbonyl (C=O) groups excluding carboxylic acids is 1. The van der Waals surface area contributed by atoms with Crippen molar-refractivity contribution < 1.29 is 4.79 Å². The molecule has 1 heterocycles. The van der Waals surface area contributed by atoms with Crippen LogP contribution in [0.3, 0.4) is 0 Å². The molecule has 0 aromatic carbocycles. The fourth-order valence-corrected chi connectivity index (χ4v) is 1.87. The molecule has 94 valence electrons. The summed E-state index contributed by atoms with van der Waals surface area (Å²) in [5.41, 5.74) is 0.921. The van der Waals surface area contributed by atoms with Crippen molar-refractivity contribution in [1.82, 2.24) is 14.9 Å². The third kappa shape index (κ3) is 4.73. The van der Waals surface area contributed by atoms with Crippen LogP contribution >= 0.6 is 11.8 Å². The zero-order chi connectivity index (χ0) is 12.7. The lowest BCUT2D eigenvalue weighted by molar-refractivity contribution is -0.131. The first-order valence-electron chi connectivity index (χ1n) is 5.64. The molecule has 0 bridgehead atoms. The quantitative estimate of drug-likeness (QED) is 0.773. The summed E-state index contributed by atoms with van der Waals surface area (Å²) in [6, 6.07) is 0.154. The van der Waals surface area contributed by atoms with Crippen molar-refractivity contribution in [3.8, 4) is 0 Å². The van der Waals surface area contributed by atoms with E-state index >= 15 is 0 Å². The standard InChI is InChI=1S/C12H19N3OS/c1-10(8-11-9-13-5-6-14-11)15(2)12(16)4-7-17-3/h5-6,9-10H,4,7-8H2,1-3H3/t10-/m0/s1. The van der Waals surface area contributed by atoms with E-state index in [4.69, 9.17) is 0 Å². The molecule has 0 saturated heterocycles. The number of amides is 1. The van der Waals surface area contributed by atoms with E-state index in [0.29, 0.717) is 6.42 Å². The number of carbonyl (C=O) groups is 1. The first-order chi connectivity index (χ1) is 8.15. The number of hydrogen-bond donors (Lipinski definition) is 0. The maximum absolute atomic E-state index is 11.8. The number of aromatic nitrogens is 2. The first kappa shape index (κ1) is 14.0. The second-order valence-corrected chi connectivity index (χ2v) is 4.98. The van der Waals surface area contributed by atoms with Gasteiger partial charge >= 0.3 is 0 Å². The molecule has 0 N–H and O–H groups in total. The maximum Gasteiger partial charge on any atom is 0.223 e. The molecule has 4 nitrogen and oxygen atoms in total. The van der Waals surface area contributed by atoms with E-state index in [2.05, 4.69) is 9.97 Å². The summed E-state index contributed by atoms with van der Waals surface area (Å²) in [7, 11) is 1.85. The third-order valence-electron chi connectivity index (χ3n) is 2.70.